The highest BCUT2D eigenvalue weighted by atomic mass is 32.2. The van der Waals surface area contributed by atoms with E-state index in [4.69, 9.17) is 9.47 Å². The average Bonchev–Trinajstić information content (AvgIpc) is 3.26. The van der Waals surface area contributed by atoms with Crippen molar-refractivity contribution >= 4 is 33.2 Å². The van der Waals surface area contributed by atoms with Crippen LogP contribution in [0, 0.1) is 0 Å². The van der Waals surface area contributed by atoms with Gasteiger partial charge in [0.25, 0.3) is 5.91 Å². The standard InChI is InChI=1S/C23H27N3O6S/c1-17(32-20-5-2-4-19(16-20)26-11-3-6-22(26)27)23(28)24-18-7-9-21(10-8-18)33(29,30)25-12-14-31-15-13-25/h2,4-5,7-10,16-17H,3,6,11-15H2,1H3,(H,24,28)/t17-/m1/s1. The number of ether oxygens (including phenoxy) is 2. The molecule has 2 aromatic rings. The number of hydrogen-bond acceptors (Lipinski definition) is 6. The van der Waals surface area contributed by atoms with Crippen LogP contribution in [0.5, 0.6) is 5.75 Å². The van der Waals surface area contributed by atoms with Crippen LogP contribution in [0.1, 0.15) is 19.8 Å². The topological polar surface area (TPSA) is 105 Å². The molecule has 2 fully saturated rings. The fraction of sp³-hybridized carbons (Fsp3) is 0.391. The van der Waals surface area contributed by atoms with Crippen LogP contribution in [0.4, 0.5) is 11.4 Å². The van der Waals surface area contributed by atoms with Crippen LogP contribution in [-0.4, -0.2) is 63.5 Å². The lowest BCUT2D eigenvalue weighted by Crippen LogP contribution is -2.40. The lowest BCUT2D eigenvalue weighted by atomic mass is 10.2. The molecule has 2 aliphatic heterocycles. The van der Waals surface area contributed by atoms with Gasteiger partial charge in [0.1, 0.15) is 5.75 Å². The Morgan fingerprint density at radius 3 is 2.48 bits per heavy atom. The first-order valence-electron chi connectivity index (χ1n) is 10.9. The van der Waals surface area contributed by atoms with E-state index in [0.717, 1.165) is 12.1 Å². The number of sulfonamides is 1. The van der Waals surface area contributed by atoms with Gasteiger partial charge in [0.2, 0.25) is 15.9 Å². The second-order valence-corrected chi connectivity index (χ2v) is 9.87. The first-order valence-corrected chi connectivity index (χ1v) is 12.3. The van der Waals surface area contributed by atoms with Crippen LogP contribution < -0.4 is 15.0 Å². The average molecular weight is 474 g/mol. The Morgan fingerprint density at radius 1 is 1.09 bits per heavy atom. The molecule has 0 unspecified atom stereocenters. The molecule has 10 heteroatoms. The summed E-state index contributed by atoms with van der Waals surface area (Å²) in [6.45, 7) is 3.70. The highest BCUT2D eigenvalue weighted by Crippen LogP contribution is 2.26. The van der Waals surface area contributed by atoms with Crippen molar-refractivity contribution in [3.05, 3.63) is 48.5 Å². The van der Waals surface area contributed by atoms with Gasteiger partial charge in [-0.2, -0.15) is 4.31 Å². The van der Waals surface area contributed by atoms with Crippen LogP contribution in [0.3, 0.4) is 0 Å². The molecule has 2 aliphatic rings. The molecule has 1 N–H and O–H groups in total. The fourth-order valence-electron chi connectivity index (χ4n) is 3.79. The minimum absolute atomic E-state index is 0.0806. The largest absolute Gasteiger partial charge is 0.481 e. The molecule has 0 bridgehead atoms. The minimum atomic E-state index is -3.59. The summed E-state index contributed by atoms with van der Waals surface area (Å²) in [5.74, 6) is 0.195. The molecule has 2 saturated heterocycles. The second kappa shape index (κ2) is 9.90. The number of nitrogens with one attached hydrogen (secondary N) is 1. The van der Waals surface area contributed by atoms with Crippen LogP contribution in [0.2, 0.25) is 0 Å². The van der Waals surface area contributed by atoms with Gasteiger partial charge in [-0.3, -0.25) is 9.59 Å². The molecule has 176 valence electrons. The van der Waals surface area contributed by atoms with Crippen molar-refractivity contribution in [1.82, 2.24) is 4.31 Å². The van der Waals surface area contributed by atoms with Crippen molar-refractivity contribution < 1.29 is 27.5 Å². The number of carbonyl (C=O) groups excluding carboxylic acids is 2. The van der Waals surface area contributed by atoms with E-state index >= 15 is 0 Å². The van der Waals surface area contributed by atoms with Crippen molar-refractivity contribution in [2.24, 2.45) is 0 Å². The third-order valence-corrected chi connectivity index (χ3v) is 7.53. The molecule has 0 spiro atoms. The van der Waals surface area contributed by atoms with Gasteiger partial charge in [-0.05, 0) is 49.7 Å². The molecule has 2 amide bonds. The molecule has 0 saturated carbocycles. The monoisotopic (exact) mass is 473 g/mol. The zero-order chi connectivity index (χ0) is 23.4. The summed E-state index contributed by atoms with van der Waals surface area (Å²) >= 11 is 0. The van der Waals surface area contributed by atoms with Crippen molar-refractivity contribution in [2.45, 2.75) is 30.8 Å². The molecule has 0 aliphatic carbocycles. The molecule has 1 atom stereocenters. The van der Waals surface area contributed by atoms with E-state index in [0.29, 0.717) is 50.7 Å². The summed E-state index contributed by atoms with van der Waals surface area (Å²) < 4.78 is 37.8. The molecule has 9 nitrogen and oxygen atoms in total. The number of benzene rings is 2. The summed E-state index contributed by atoms with van der Waals surface area (Å²) in [4.78, 5) is 26.4. The predicted octanol–water partition coefficient (Wildman–Crippen LogP) is 2.24. The number of rotatable bonds is 7. The summed E-state index contributed by atoms with van der Waals surface area (Å²) in [5.41, 5.74) is 1.22. The van der Waals surface area contributed by atoms with Crippen molar-refractivity contribution in [3.8, 4) is 5.75 Å². The van der Waals surface area contributed by atoms with Gasteiger partial charge in [-0.25, -0.2) is 8.42 Å². The molecular weight excluding hydrogens is 446 g/mol. The van der Waals surface area contributed by atoms with E-state index < -0.39 is 16.1 Å². The van der Waals surface area contributed by atoms with Crippen molar-refractivity contribution in [3.63, 3.8) is 0 Å². The second-order valence-electron chi connectivity index (χ2n) is 7.94. The lowest BCUT2D eigenvalue weighted by Gasteiger charge is -2.26. The predicted molar refractivity (Wildman–Crippen MR) is 123 cm³/mol. The number of morpholine rings is 1. The molecular formula is C23H27N3O6S. The zero-order valence-electron chi connectivity index (χ0n) is 18.4. The third-order valence-electron chi connectivity index (χ3n) is 5.61. The first-order chi connectivity index (χ1) is 15.8. The maximum atomic E-state index is 12.7. The van der Waals surface area contributed by atoms with E-state index in [1.165, 1.54) is 16.4 Å². The minimum Gasteiger partial charge on any atom is -0.481 e. The lowest BCUT2D eigenvalue weighted by molar-refractivity contribution is -0.122. The summed E-state index contributed by atoms with van der Waals surface area (Å²) in [5, 5.41) is 2.74. The van der Waals surface area contributed by atoms with Gasteiger partial charge in [0.15, 0.2) is 6.10 Å². The highest BCUT2D eigenvalue weighted by molar-refractivity contribution is 7.89. The SMILES string of the molecule is C[C@@H](Oc1cccc(N2CCCC2=O)c1)C(=O)Nc1ccc(S(=O)(=O)N2CCOCC2)cc1. The van der Waals surface area contributed by atoms with E-state index in [1.807, 2.05) is 6.07 Å². The zero-order valence-corrected chi connectivity index (χ0v) is 19.2. The van der Waals surface area contributed by atoms with Gasteiger partial charge in [0.05, 0.1) is 18.1 Å². The number of carbonyl (C=O) groups is 2. The van der Waals surface area contributed by atoms with Crippen molar-refractivity contribution in [2.75, 3.05) is 43.1 Å². The van der Waals surface area contributed by atoms with Gasteiger partial charge in [-0.15, -0.1) is 0 Å². The van der Waals surface area contributed by atoms with E-state index in [9.17, 15) is 18.0 Å². The summed E-state index contributed by atoms with van der Waals surface area (Å²) in [6.07, 6.45) is 0.567. The molecule has 2 aromatic carbocycles. The number of nitrogens with zero attached hydrogens (tertiary/aromatic N) is 2. The Morgan fingerprint density at radius 2 is 1.82 bits per heavy atom. The van der Waals surface area contributed by atoms with E-state index in [2.05, 4.69) is 5.32 Å². The third kappa shape index (κ3) is 5.35. The maximum absolute atomic E-state index is 12.7. The van der Waals surface area contributed by atoms with Crippen LogP contribution in [0.15, 0.2) is 53.4 Å². The van der Waals surface area contributed by atoms with E-state index in [-0.39, 0.29) is 16.7 Å². The number of hydrogen-bond donors (Lipinski definition) is 1. The number of anilines is 2. The van der Waals surface area contributed by atoms with Crippen LogP contribution in [-0.2, 0) is 24.3 Å². The Balaban J connectivity index is 1.37. The molecule has 33 heavy (non-hydrogen) atoms. The Kier molecular flexibility index (Phi) is 6.96. The molecule has 0 radical (unpaired) electrons. The smallest absolute Gasteiger partial charge is 0.265 e. The highest BCUT2D eigenvalue weighted by Gasteiger charge is 2.26. The van der Waals surface area contributed by atoms with Gasteiger partial charge >= 0.3 is 0 Å². The molecule has 2 heterocycles. The van der Waals surface area contributed by atoms with Crippen LogP contribution >= 0.6 is 0 Å². The quantitative estimate of drug-likeness (QED) is 0.661. The number of amides is 2. The van der Waals surface area contributed by atoms with Gasteiger partial charge in [-0.1, -0.05) is 6.07 Å². The Hall–Kier alpha value is -2.95. The molecule has 4 rings (SSSR count). The van der Waals surface area contributed by atoms with E-state index in [1.54, 1.807) is 42.2 Å². The Labute approximate surface area is 193 Å². The molecule has 0 aromatic heterocycles. The van der Waals surface area contributed by atoms with Crippen LogP contribution in [0.25, 0.3) is 0 Å². The maximum Gasteiger partial charge on any atom is 0.265 e. The van der Waals surface area contributed by atoms with Gasteiger partial charge < -0.3 is 19.7 Å². The Bertz CT molecular complexity index is 1110. The first kappa shape index (κ1) is 23.2. The van der Waals surface area contributed by atoms with Crippen molar-refractivity contribution in [1.29, 1.82) is 0 Å². The summed E-state index contributed by atoms with van der Waals surface area (Å²) in [7, 11) is -3.59. The summed E-state index contributed by atoms with van der Waals surface area (Å²) in [6, 6.07) is 13.2. The normalized spacial score (nSPS) is 18.2. The van der Waals surface area contributed by atoms with Gasteiger partial charge in [0, 0.05) is 43.5 Å². The fourth-order valence-corrected chi connectivity index (χ4v) is 5.20.